The first-order valence-electron chi connectivity index (χ1n) is 9.20. The highest BCUT2D eigenvalue weighted by molar-refractivity contribution is 6.31. The predicted octanol–water partition coefficient (Wildman–Crippen LogP) is 2.60. The molecule has 148 valence electrons. The van der Waals surface area contributed by atoms with Crippen molar-refractivity contribution in [3.05, 3.63) is 70.9 Å². The Morgan fingerprint density at radius 2 is 1.83 bits per heavy atom. The van der Waals surface area contributed by atoms with E-state index in [1.807, 2.05) is 36.5 Å². The second-order valence-corrected chi connectivity index (χ2v) is 7.27. The molecule has 3 aromatic rings. The summed E-state index contributed by atoms with van der Waals surface area (Å²) in [5.74, 6) is -0.839. The zero-order chi connectivity index (χ0) is 20.4. The second kappa shape index (κ2) is 7.97. The van der Waals surface area contributed by atoms with Gasteiger partial charge < -0.3 is 15.6 Å². The van der Waals surface area contributed by atoms with Crippen molar-refractivity contribution >= 4 is 40.3 Å². The van der Waals surface area contributed by atoms with Gasteiger partial charge in [0.1, 0.15) is 12.6 Å². The van der Waals surface area contributed by atoms with E-state index in [1.165, 1.54) is 0 Å². The lowest BCUT2D eigenvalue weighted by Gasteiger charge is -2.13. The van der Waals surface area contributed by atoms with Gasteiger partial charge in [0.15, 0.2) is 0 Å². The van der Waals surface area contributed by atoms with Crippen molar-refractivity contribution in [1.29, 1.82) is 0 Å². The van der Waals surface area contributed by atoms with Crippen LogP contribution in [0.3, 0.4) is 0 Å². The molecule has 29 heavy (non-hydrogen) atoms. The molecule has 0 spiro atoms. The van der Waals surface area contributed by atoms with Gasteiger partial charge in [-0.1, -0.05) is 48.0 Å². The number of para-hydroxylation sites is 1. The fourth-order valence-electron chi connectivity index (χ4n) is 3.42. The lowest BCUT2D eigenvalue weighted by Crippen LogP contribution is -2.41. The van der Waals surface area contributed by atoms with Crippen LogP contribution in [0.15, 0.2) is 54.7 Å². The summed E-state index contributed by atoms with van der Waals surface area (Å²) >= 11 is 6.07. The average Bonchev–Trinajstić information content (AvgIpc) is 3.24. The molecule has 0 unspecified atom stereocenters. The minimum Gasteiger partial charge on any atom is -0.361 e. The maximum atomic E-state index is 12.7. The topological polar surface area (TPSA) is 94.3 Å². The lowest BCUT2D eigenvalue weighted by molar-refractivity contribution is -0.132. The third-order valence-corrected chi connectivity index (χ3v) is 5.31. The van der Waals surface area contributed by atoms with Crippen molar-refractivity contribution < 1.29 is 14.4 Å². The number of fused-ring (bicyclic) bond motifs is 1. The molecular formula is C21H19ClN4O3. The molecule has 1 aromatic heterocycles. The van der Waals surface area contributed by atoms with Gasteiger partial charge in [-0.05, 0) is 23.3 Å². The minimum atomic E-state index is -0.696. The number of carbonyl (C=O) groups is 3. The number of nitrogens with one attached hydrogen (secondary N) is 3. The number of aromatic amines is 1. The summed E-state index contributed by atoms with van der Waals surface area (Å²) in [6.45, 7) is -0.111. The molecule has 4 rings (SSSR count). The van der Waals surface area contributed by atoms with Crippen LogP contribution in [0.2, 0.25) is 5.02 Å². The van der Waals surface area contributed by atoms with Crippen LogP contribution in [0.25, 0.3) is 10.9 Å². The minimum absolute atomic E-state index is 0.223. The zero-order valence-electron chi connectivity index (χ0n) is 15.4. The Labute approximate surface area is 172 Å². The number of hydrogen-bond donors (Lipinski definition) is 3. The fourth-order valence-corrected chi connectivity index (χ4v) is 3.62. The molecule has 1 saturated heterocycles. The predicted molar refractivity (Wildman–Crippen MR) is 109 cm³/mol. The van der Waals surface area contributed by atoms with Gasteiger partial charge in [0, 0.05) is 35.1 Å². The van der Waals surface area contributed by atoms with Crippen molar-refractivity contribution in [3.63, 3.8) is 0 Å². The van der Waals surface area contributed by atoms with E-state index in [0.717, 1.165) is 26.9 Å². The van der Waals surface area contributed by atoms with Crippen LogP contribution >= 0.6 is 11.6 Å². The van der Waals surface area contributed by atoms with E-state index in [1.54, 1.807) is 18.2 Å². The molecule has 2 heterocycles. The van der Waals surface area contributed by atoms with Crippen molar-refractivity contribution in [3.8, 4) is 0 Å². The van der Waals surface area contributed by atoms with Gasteiger partial charge in [0.05, 0.1) is 0 Å². The lowest BCUT2D eigenvalue weighted by atomic mass is 10.1. The highest BCUT2D eigenvalue weighted by atomic mass is 35.5. The monoisotopic (exact) mass is 410 g/mol. The molecule has 0 bridgehead atoms. The SMILES string of the molecule is O=C(CN1C(=O)N[C@H](Cc2c[nH]c3ccccc23)C1=O)NCc1ccccc1Cl. The normalized spacial score (nSPS) is 16.3. The molecule has 1 aliphatic rings. The first-order valence-corrected chi connectivity index (χ1v) is 9.57. The molecule has 0 radical (unpaired) electrons. The molecule has 2 aromatic carbocycles. The number of hydrogen-bond acceptors (Lipinski definition) is 3. The molecular weight excluding hydrogens is 392 g/mol. The highest BCUT2D eigenvalue weighted by Gasteiger charge is 2.39. The molecule has 1 fully saturated rings. The van der Waals surface area contributed by atoms with Crippen molar-refractivity contribution in [2.75, 3.05) is 6.54 Å². The van der Waals surface area contributed by atoms with Gasteiger partial charge in [-0.3, -0.25) is 14.5 Å². The standard InChI is InChI=1S/C21H19ClN4O3/c22-16-7-3-1-5-13(16)10-24-19(27)12-26-20(28)18(25-21(26)29)9-14-11-23-17-8-4-2-6-15(14)17/h1-8,11,18,23H,9-10,12H2,(H,24,27)(H,25,29)/t18-/m1/s1. The number of imide groups is 1. The Morgan fingerprint density at radius 1 is 1.07 bits per heavy atom. The smallest absolute Gasteiger partial charge is 0.325 e. The number of rotatable bonds is 6. The van der Waals surface area contributed by atoms with Gasteiger partial charge in [-0.15, -0.1) is 0 Å². The van der Waals surface area contributed by atoms with E-state index >= 15 is 0 Å². The Bertz CT molecular complexity index is 1090. The number of nitrogens with zero attached hydrogens (tertiary/aromatic N) is 1. The van der Waals surface area contributed by atoms with Crippen LogP contribution < -0.4 is 10.6 Å². The number of urea groups is 1. The first-order chi connectivity index (χ1) is 14.0. The second-order valence-electron chi connectivity index (χ2n) is 6.86. The van der Waals surface area contributed by atoms with Crippen molar-refractivity contribution in [2.45, 2.75) is 19.0 Å². The number of benzene rings is 2. The van der Waals surface area contributed by atoms with Gasteiger partial charge in [-0.2, -0.15) is 0 Å². The molecule has 7 nitrogen and oxygen atoms in total. The molecule has 0 saturated carbocycles. The Morgan fingerprint density at radius 3 is 2.66 bits per heavy atom. The summed E-state index contributed by atoms with van der Waals surface area (Å²) in [6, 6.07) is 13.6. The van der Waals surface area contributed by atoms with Crippen LogP contribution in [0.1, 0.15) is 11.1 Å². The summed E-state index contributed by atoms with van der Waals surface area (Å²) in [7, 11) is 0. The summed E-state index contributed by atoms with van der Waals surface area (Å²) < 4.78 is 0. The quantitative estimate of drug-likeness (QED) is 0.545. The molecule has 1 atom stereocenters. The summed E-state index contributed by atoms with van der Waals surface area (Å²) in [5, 5.41) is 6.91. The summed E-state index contributed by atoms with van der Waals surface area (Å²) in [6.07, 6.45) is 2.19. The van der Waals surface area contributed by atoms with Crippen LogP contribution in [0.5, 0.6) is 0 Å². The van der Waals surface area contributed by atoms with E-state index in [4.69, 9.17) is 11.6 Å². The van der Waals surface area contributed by atoms with Gasteiger partial charge in [0.25, 0.3) is 5.91 Å². The molecule has 3 N–H and O–H groups in total. The van der Waals surface area contributed by atoms with E-state index in [2.05, 4.69) is 15.6 Å². The number of amides is 4. The Balaban J connectivity index is 1.38. The first kappa shape index (κ1) is 19.0. The molecule has 1 aliphatic heterocycles. The maximum absolute atomic E-state index is 12.7. The third kappa shape index (κ3) is 3.95. The molecule has 4 amide bonds. The van der Waals surface area contributed by atoms with E-state index in [0.29, 0.717) is 11.4 Å². The molecule has 8 heteroatoms. The van der Waals surface area contributed by atoms with Crippen molar-refractivity contribution in [1.82, 2.24) is 20.5 Å². The van der Waals surface area contributed by atoms with Gasteiger partial charge in [0.2, 0.25) is 5.91 Å². The van der Waals surface area contributed by atoms with E-state index in [9.17, 15) is 14.4 Å². The van der Waals surface area contributed by atoms with E-state index in [-0.39, 0.29) is 13.1 Å². The summed E-state index contributed by atoms with van der Waals surface area (Å²) in [4.78, 5) is 41.3. The zero-order valence-corrected chi connectivity index (χ0v) is 16.2. The average molecular weight is 411 g/mol. The van der Waals surface area contributed by atoms with Crippen LogP contribution in [-0.2, 0) is 22.6 Å². The third-order valence-electron chi connectivity index (χ3n) is 4.94. The largest absolute Gasteiger partial charge is 0.361 e. The number of aromatic nitrogens is 1. The van der Waals surface area contributed by atoms with Crippen molar-refractivity contribution in [2.24, 2.45) is 0 Å². The number of carbonyl (C=O) groups excluding carboxylic acids is 3. The Kier molecular flexibility index (Phi) is 5.22. The van der Waals surface area contributed by atoms with Crippen LogP contribution in [0.4, 0.5) is 4.79 Å². The maximum Gasteiger partial charge on any atom is 0.325 e. The Hall–Kier alpha value is -3.32. The van der Waals surface area contributed by atoms with Gasteiger partial charge >= 0.3 is 6.03 Å². The number of H-pyrrole nitrogens is 1. The highest BCUT2D eigenvalue weighted by Crippen LogP contribution is 2.21. The van der Waals surface area contributed by atoms with Crippen LogP contribution in [0, 0.1) is 0 Å². The summed E-state index contributed by atoms with van der Waals surface area (Å²) in [5.41, 5.74) is 2.66. The van der Waals surface area contributed by atoms with E-state index < -0.39 is 23.9 Å². The number of halogens is 1. The van der Waals surface area contributed by atoms with Crippen LogP contribution in [-0.4, -0.2) is 40.3 Å². The fraction of sp³-hybridized carbons (Fsp3) is 0.190. The van der Waals surface area contributed by atoms with Gasteiger partial charge in [-0.25, -0.2) is 4.79 Å². The molecule has 0 aliphatic carbocycles.